The molecule has 0 atom stereocenters. The molecule has 0 aliphatic heterocycles. The zero-order valence-electron chi connectivity index (χ0n) is 43.1. The van der Waals surface area contributed by atoms with Gasteiger partial charge in [0.2, 0.25) is 0 Å². The Labute approximate surface area is 459 Å². The van der Waals surface area contributed by atoms with Gasteiger partial charge in [-0.3, -0.25) is 4.98 Å². The third-order valence-corrected chi connectivity index (χ3v) is 11.1. The average molecular weight is 1300 g/mol. The summed E-state index contributed by atoms with van der Waals surface area (Å²) in [5.41, 5.74) is 16.3. The smallest absolute Gasteiger partial charge is 0.0704 e. The maximum atomic E-state index is 4.52. The molecule has 0 aliphatic carbocycles. The molecule has 9 rings (SSSR count). The molecule has 0 aliphatic rings. The van der Waals surface area contributed by atoms with E-state index in [0.29, 0.717) is 23.7 Å². The Morgan fingerprint density at radius 2 is 0.639 bits per heavy atom. The van der Waals surface area contributed by atoms with E-state index in [1.54, 1.807) is 0 Å². The van der Waals surface area contributed by atoms with Gasteiger partial charge in [-0.1, -0.05) is 151 Å². The number of aromatic nitrogens is 4. The minimum absolute atomic E-state index is 0. The topological polar surface area (TPSA) is 51.6 Å². The fourth-order valence-electron chi connectivity index (χ4n) is 8.03. The van der Waals surface area contributed by atoms with E-state index in [0.717, 1.165) is 65.1 Å². The van der Waals surface area contributed by atoms with Gasteiger partial charge in [0.05, 0.1) is 5.69 Å². The quantitative estimate of drug-likeness (QED) is 0.108. The van der Waals surface area contributed by atoms with Crippen LogP contribution < -0.4 is 0 Å². The normalized spacial score (nSPS) is 10.4. The summed E-state index contributed by atoms with van der Waals surface area (Å²) in [6.07, 6.45) is 12.0. The standard InChI is InChI=1S/C21H20N.C15H17N.2C15H16N.2Ir/c1-16(2)13-17-11-12-22-21(14-17)20-10-6-9-19(15-20)18-7-4-3-5-8-18;3*1-12(2)10-13-8-9-16-15(11-13)14-6-4-3-5-7-14;;/h3-9,11-12,14-16H,13H2,1-2H3;3-9,11-12H,10H2,1-2H3;2*3-6,8-9,11-12H,10H2,1-2H3;;/q-1;;2*-1;;. The summed E-state index contributed by atoms with van der Waals surface area (Å²) in [4.78, 5) is 17.7. The number of pyridine rings is 4. The van der Waals surface area contributed by atoms with E-state index in [2.05, 4.69) is 191 Å². The first-order chi connectivity index (χ1) is 34.0. The molecule has 0 spiro atoms. The Balaban J connectivity index is 0.000000209. The number of benzene rings is 5. The fourth-order valence-corrected chi connectivity index (χ4v) is 8.03. The molecule has 72 heavy (non-hydrogen) atoms. The third kappa shape index (κ3) is 20.2. The first kappa shape index (κ1) is 58.6. The molecule has 0 bridgehead atoms. The molecule has 0 unspecified atom stereocenters. The first-order valence-electron chi connectivity index (χ1n) is 24.9. The molecule has 9 aromatic rings. The Kier molecular flexibility index (Phi) is 25.6. The van der Waals surface area contributed by atoms with Crippen LogP contribution in [0.2, 0.25) is 0 Å². The van der Waals surface area contributed by atoms with E-state index in [-0.39, 0.29) is 40.2 Å². The van der Waals surface area contributed by atoms with Gasteiger partial charge in [-0.25, -0.2) is 0 Å². The minimum Gasteiger partial charge on any atom is -0.305 e. The number of rotatable bonds is 13. The molecule has 2 radical (unpaired) electrons. The maximum Gasteiger partial charge on any atom is 0.0704 e. The first-order valence-corrected chi connectivity index (χ1v) is 24.9. The second-order valence-corrected chi connectivity index (χ2v) is 19.4. The van der Waals surface area contributed by atoms with Crippen LogP contribution in [0.25, 0.3) is 56.2 Å². The fraction of sp³-hybridized carbons (Fsp3) is 0.242. The van der Waals surface area contributed by atoms with Crippen LogP contribution in [0.3, 0.4) is 0 Å². The Hall–Kier alpha value is -6.00. The summed E-state index contributed by atoms with van der Waals surface area (Å²) in [6, 6.07) is 69.7. The van der Waals surface area contributed by atoms with Gasteiger partial charge in [-0.05, 0) is 108 Å². The second kappa shape index (κ2) is 31.5. The van der Waals surface area contributed by atoms with Gasteiger partial charge in [0.1, 0.15) is 0 Å². The second-order valence-electron chi connectivity index (χ2n) is 19.4. The van der Waals surface area contributed by atoms with Gasteiger partial charge in [0, 0.05) is 70.6 Å². The molecule has 0 amide bonds. The van der Waals surface area contributed by atoms with Crippen molar-refractivity contribution in [3.05, 3.63) is 241 Å². The van der Waals surface area contributed by atoms with Gasteiger partial charge in [0.25, 0.3) is 0 Å². The molecule has 0 N–H and O–H groups in total. The largest absolute Gasteiger partial charge is 0.305 e. The van der Waals surface area contributed by atoms with Gasteiger partial charge in [-0.2, -0.15) is 0 Å². The van der Waals surface area contributed by atoms with Crippen LogP contribution in [0.4, 0.5) is 0 Å². The summed E-state index contributed by atoms with van der Waals surface area (Å²) in [5.74, 6) is 2.69. The monoisotopic (exact) mass is 1300 g/mol. The predicted octanol–water partition coefficient (Wildman–Crippen LogP) is 16.9. The molecule has 6 heteroatoms. The molecule has 0 saturated heterocycles. The molecular weight excluding hydrogens is 1230 g/mol. The average Bonchev–Trinajstić information content (AvgIpc) is 3.38. The van der Waals surface area contributed by atoms with E-state index in [4.69, 9.17) is 0 Å². The third-order valence-electron chi connectivity index (χ3n) is 11.1. The molecule has 4 nitrogen and oxygen atoms in total. The minimum atomic E-state index is 0. The Bertz CT molecular complexity index is 2670. The zero-order valence-corrected chi connectivity index (χ0v) is 47.9. The van der Waals surface area contributed by atoms with E-state index in [9.17, 15) is 0 Å². The van der Waals surface area contributed by atoms with Crippen LogP contribution >= 0.6 is 0 Å². The van der Waals surface area contributed by atoms with Crippen LogP contribution in [0.1, 0.15) is 77.6 Å². The van der Waals surface area contributed by atoms with Gasteiger partial charge < -0.3 is 15.0 Å². The van der Waals surface area contributed by atoms with Crippen LogP contribution in [0.15, 0.2) is 201 Å². The van der Waals surface area contributed by atoms with Crippen LogP contribution in [-0.2, 0) is 65.9 Å². The van der Waals surface area contributed by atoms with E-state index >= 15 is 0 Å². The van der Waals surface area contributed by atoms with Crippen molar-refractivity contribution in [2.75, 3.05) is 0 Å². The predicted molar refractivity (Wildman–Crippen MR) is 295 cm³/mol. The summed E-state index contributed by atoms with van der Waals surface area (Å²) in [6.45, 7) is 17.9. The zero-order chi connectivity index (χ0) is 49.5. The molecule has 0 fully saturated rings. The molecule has 0 saturated carbocycles. The van der Waals surface area contributed by atoms with Crippen molar-refractivity contribution < 1.29 is 40.2 Å². The van der Waals surface area contributed by atoms with Crippen LogP contribution in [-0.4, -0.2) is 19.9 Å². The Morgan fingerprint density at radius 1 is 0.306 bits per heavy atom. The van der Waals surface area contributed by atoms with E-state index < -0.39 is 0 Å². The summed E-state index contributed by atoms with van der Waals surface area (Å²) in [5, 5.41) is 0. The van der Waals surface area contributed by atoms with Crippen molar-refractivity contribution in [1.82, 2.24) is 19.9 Å². The number of hydrogen-bond donors (Lipinski definition) is 0. The van der Waals surface area contributed by atoms with Crippen molar-refractivity contribution in [1.29, 1.82) is 0 Å². The van der Waals surface area contributed by atoms with Crippen molar-refractivity contribution in [2.45, 2.75) is 81.1 Å². The Morgan fingerprint density at radius 3 is 1.01 bits per heavy atom. The van der Waals surface area contributed by atoms with E-state index in [1.165, 1.54) is 38.9 Å². The summed E-state index contributed by atoms with van der Waals surface area (Å²) >= 11 is 0. The number of nitrogens with zero attached hydrogens (tertiary/aromatic N) is 4. The van der Waals surface area contributed by atoms with Crippen LogP contribution in [0, 0.1) is 41.9 Å². The van der Waals surface area contributed by atoms with Crippen LogP contribution in [0.5, 0.6) is 0 Å². The van der Waals surface area contributed by atoms with Gasteiger partial charge in [-0.15, -0.1) is 107 Å². The van der Waals surface area contributed by atoms with Crippen molar-refractivity contribution in [2.24, 2.45) is 23.7 Å². The summed E-state index contributed by atoms with van der Waals surface area (Å²) < 4.78 is 0. The van der Waals surface area contributed by atoms with Gasteiger partial charge >= 0.3 is 0 Å². The van der Waals surface area contributed by atoms with Gasteiger partial charge in [0.15, 0.2) is 0 Å². The van der Waals surface area contributed by atoms with Crippen molar-refractivity contribution in [3.63, 3.8) is 0 Å². The van der Waals surface area contributed by atoms with E-state index in [1.807, 2.05) is 104 Å². The molecular formula is C66H69Ir2N4-3. The molecule has 4 heterocycles. The SMILES string of the molecule is CC(C)Cc1ccnc(-c2[c-]ccc(-c3ccccc3)c2)c1.CC(C)Cc1ccnc(-c2[c-]cccc2)c1.CC(C)Cc1ccnc(-c2[c-]cccc2)c1.CC(C)Cc1ccnc(-c2ccccc2)c1.[Ir].[Ir]. The van der Waals surface area contributed by atoms with Crippen molar-refractivity contribution in [3.8, 4) is 56.2 Å². The molecule has 4 aromatic heterocycles. The summed E-state index contributed by atoms with van der Waals surface area (Å²) in [7, 11) is 0. The van der Waals surface area contributed by atoms with Crippen molar-refractivity contribution >= 4 is 0 Å². The number of hydrogen-bond acceptors (Lipinski definition) is 4. The molecule has 5 aromatic carbocycles. The molecule has 374 valence electrons. The maximum absolute atomic E-state index is 4.52.